The predicted molar refractivity (Wildman–Crippen MR) is 81.9 cm³/mol. The van der Waals surface area contributed by atoms with Gasteiger partial charge in [0.15, 0.2) is 5.75 Å². The number of halogens is 1. The first-order chi connectivity index (χ1) is 10.1. The monoisotopic (exact) mass is 305 g/mol. The number of benzene rings is 2. The molecule has 0 atom stereocenters. The van der Waals surface area contributed by atoms with Gasteiger partial charge in [0.25, 0.3) is 0 Å². The number of pyridine rings is 1. The molecule has 0 spiro atoms. The number of aromatic hydroxyl groups is 1. The molecule has 2 N–H and O–H groups in total. The van der Waals surface area contributed by atoms with Crippen molar-refractivity contribution < 1.29 is 14.6 Å². The number of phenolic OH excluding ortho intramolecular Hbond substituents is 1. The van der Waals surface area contributed by atoms with Crippen molar-refractivity contribution in [1.82, 2.24) is 4.98 Å². The van der Waals surface area contributed by atoms with Gasteiger partial charge in [-0.3, -0.25) is 4.79 Å². The number of phenols is 1. The number of H-pyrrole nitrogens is 1. The molecule has 21 heavy (non-hydrogen) atoms. The molecule has 0 fully saturated rings. The van der Waals surface area contributed by atoms with Crippen LogP contribution in [0.5, 0.6) is 17.2 Å². The Kier molecular flexibility index (Phi) is 3.14. The number of aromatic amines is 1. The predicted octanol–water partition coefficient (Wildman–Crippen LogP) is 3.06. The van der Waals surface area contributed by atoms with E-state index in [4.69, 9.17) is 21.1 Å². The van der Waals surface area contributed by atoms with Crippen LogP contribution in [-0.2, 0) is 0 Å². The molecule has 0 amide bonds. The second-order valence-corrected chi connectivity index (χ2v) is 4.88. The highest BCUT2D eigenvalue weighted by atomic mass is 35.5. The Bertz CT molecular complexity index is 917. The van der Waals surface area contributed by atoms with E-state index < -0.39 is 0 Å². The lowest BCUT2D eigenvalue weighted by Gasteiger charge is -2.12. The van der Waals surface area contributed by atoms with E-state index in [9.17, 15) is 9.90 Å². The van der Waals surface area contributed by atoms with Crippen LogP contribution >= 0.6 is 11.6 Å². The lowest BCUT2D eigenvalue weighted by molar-refractivity contribution is 0.398. The topological polar surface area (TPSA) is 71.5 Å². The molecule has 3 rings (SSSR count). The minimum atomic E-state index is -0.315. The Balaban J connectivity index is 2.60. The summed E-state index contributed by atoms with van der Waals surface area (Å²) in [6, 6.07) is 6.35. The molecule has 1 aromatic heterocycles. The van der Waals surface area contributed by atoms with Crippen molar-refractivity contribution in [1.29, 1.82) is 0 Å². The van der Waals surface area contributed by atoms with Crippen LogP contribution in [0.1, 0.15) is 0 Å². The van der Waals surface area contributed by atoms with Gasteiger partial charge < -0.3 is 19.6 Å². The van der Waals surface area contributed by atoms with Crippen molar-refractivity contribution in [2.75, 3.05) is 14.2 Å². The van der Waals surface area contributed by atoms with Crippen LogP contribution in [0.25, 0.3) is 21.8 Å². The third-order valence-corrected chi connectivity index (χ3v) is 3.74. The second-order valence-electron chi connectivity index (χ2n) is 4.50. The van der Waals surface area contributed by atoms with Gasteiger partial charge in [0.2, 0.25) is 5.43 Å². The molecule has 0 saturated carbocycles. The first kappa shape index (κ1) is 13.6. The summed E-state index contributed by atoms with van der Waals surface area (Å²) in [4.78, 5) is 15.7. The molecule has 6 heteroatoms. The number of hydrogen-bond donors (Lipinski definition) is 2. The van der Waals surface area contributed by atoms with Gasteiger partial charge in [-0.25, -0.2) is 0 Å². The van der Waals surface area contributed by atoms with Crippen molar-refractivity contribution in [2.24, 2.45) is 0 Å². The van der Waals surface area contributed by atoms with Crippen molar-refractivity contribution in [3.63, 3.8) is 0 Å². The number of aromatic nitrogens is 1. The van der Waals surface area contributed by atoms with Gasteiger partial charge in [0.1, 0.15) is 16.5 Å². The molecule has 3 aromatic rings. The molecular formula is C15H12ClNO4. The molecule has 0 bridgehead atoms. The largest absolute Gasteiger partial charge is 0.507 e. The maximum atomic E-state index is 12.6. The maximum absolute atomic E-state index is 12.6. The molecular weight excluding hydrogens is 294 g/mol. The Morgan fingerprint density at radius 1 is 1.24 bits per heavy atom. The lowest BCUT2D eigenvalue weighted by Crippen LogP contribution is -2.06. The third kappa shape index (κ3) is 1.89. The molecule has 0 radical (unpaired) electrons. The minimum absolute atomic E-state index is 0.0801. The van der Waals surface area contributed by atoms with Gasteiger partial charge in [-0.15, -0.1) is 0 Å². The van der Waals surface area contributed by atoms with Gasteiger partial charge in [-0.1, -0.05) is 17.7 Å². The highest BCUT2D eigenvalue weighted by molar-refractivity contribution is 6.34. The summed E-state index contributed by atoms with van der Waals surface area (Å²) in [6.07, 6.45) is 0. The Morgan fingerprint density at radius 2 is 2.00 bits per heavy atom. The molecule has 5 nitrogen and oxygen atoms in total. The van der Waals surface area contributed by atoms with Gasteiger partial charge in [0.05, 0.1) is 36.0 Å². The Labute approximate surface area is 124 Å². The zero-order valence-corrected chi connectivity index (χ0v) is 12.1. The van der Waals surface area contributed by atoms with E-state index in [2.05, 4.69) is 4.98 Å². The fourth-order valence-corrected chi connectivity index (χ4v) is 2.71. The van der Waals surface area contributed by atoms with Gasteiger partial charge in [-0.05, 0) is 18.2 Å². The van der Waals surface area contributed by atoms with E-state index in [1.807, 2.05) is 0 Å². The van der Waals surface area contributed by atoms with Crippen molar-refractivity contribution in [3.05, 3.63) is 39.5 Å². The van der Waals surface area contributed by atoms with Gasteiger partial charge >= 0.3 is 0 Å². The summed E-state index contributed by atoms with van der Waals surface area (Å²) >= 11 is 6.20. The summed E-state index contributed by atoms with van der Waals surface area (Å²) < 4.78 is 10.5. The number of fused-ring (bicyclic) bond motifs is 2. The number of hydrogen-bond acceptors (Lipinski definition) is 4. The number of methoxy groups -OCH3 is 2. The summed E-state index contributed by atoms with van der Waals surface area (Å²) in [7, 11) is 2.92. The quantitative estimate of drug-likeness (QED) is 0.714. The van der Waals surface area contributed by atoms with Crippen molar-refractivity contribution in [2.45, 2.75) is 0 Å². The zero-order valence-electron chi connectivity index (χ0n) is 11.4. The van der Waals surface area contributed by atoms with Gasteiger partial charge in [0, 0.05) is 0 Å². The first-order valence-corrected chi connectivity index (χ1v) is 6.54. The summed E-state index contributed by atoms with van der Waals surface area (Å²) in [6.45, 7) is 0. The van der Waals surface area contributed by atoms with E-state index >= 15 is 0 Å². The van der Waals surface area contributed by atoms with Crippen LogP contribution in [-0.4, -0.2) is 24.3 Å². The summed E-state index contributed by atoms with van der Waals surface area (Å²) in [5.74, 6) is 0.582. The normalized spacial score (nSPS) is 11.0. The molecule has 0 unspecified atom stereocenters. The molecule has 0 aliphatic carbocycles. The Morgan fingerprint density at radius 3 is 2.67 bits per heavy atom. The van der Waals surface area contributed by atoms with E-state index in [0.29, 0.717) is 27.9 Å². The van der Waals surface area contributed by atoms with Crippen LogP contribution in [0.15, 0.2) is 29.1 Å². The van der Waals surface area contributed by atoms with Crippen LogP contribution < -0.4 is 14.9 Å². The Hall–Kier alpha value is -2.40. The molecule has 2 aromatic carbocycles. The molecule has 0 aliphatic rings. The number of ether oxygens (including phenoxy) is 2. The van der Waals surface area contributed by atoms with Crippen molar-refractivity contribution in [3.8, 4) is 17.2 Å². The van der Waals surface area contributed by atoms with Gasteiger partial charge in [-0.2, -0.15) is 0 Å². The summed E-state index contributed by atoms with van der Waals surface area (Å²) in [5.41, 5.74) is 0.656. The number of rotatable bonds is 2. The van der Waals surface area contributed by atoms with Crippen LogP contribution in [0.3, 0.4) is 0 Å². The molecule has 108 valence electrons. The number of nitrogens with one attached hydrogen (secondary N) is 1. The average Bonchev–Trinajstić information content (AvgIpc) is 2.47. The van der Waals surface area contributed by atoms with Crippen molar-refractivity contribution >= 4 is 33.4 Å². The maximum Gasteiger partial charge on any atom is 0.201 e. The van der Waals surface area contributed by atoms with E-state index in [-0.39, 0.29) is 21.6 Å². The molecule has 0 aliphatic heterocycles. The highest BCUT2D eigenvalue weighted by Gasteiger charge is 2.18. The van der Waals surface area contributed by atoms with Crippen LogP contribution in [0.2, 0.25) is 5.02 Å². The van der Waals surface area contributed by atoms with E-state index in [1.165, 1.54) is 26.4 Å². The second kappa shape index (κ2) is 4.86. The van der Waals surface area contributed by atoms with E-state index in [1.54, 1.807) is 12.1 Å². The average molecular weight is 306 g/mol. The summed E-state index contributed by atoms with van der Waals surface area (Å²) in [5, 5.41) is 10.7. The fraction of sp³-hybridized carbons (Fsp3) is 0.133. The molecule has 0 saturated heterocycles. The zero-order chi connectivity index (χ0) is 15.1. The van der Waals surface area contributed by atoms with Crippen LogP contribution in [0.4, 0.5) is 0 Å². The first-order valence-electron chi connectivity index (χ1n) is 6.16. The fourth-order valence-electron chi connectivity index (χ4n) is 2.41. The minimum Gasteiger partial charge on any atom is -0.507 e. The van der Waals surface area contributed by atoms with E-state index in [0.717, 1.165) is 0 Å². The standard InChI is InChI=1S/C15H12ClNO4/c1-20-10-6-7-13(15(21-2)12(10)16)17-8-4-3-5-9(18)11(8)14(7)19/h3-6,18H,1-2H3,(H,17,19). The highest BCUT2D eigenvalue weighted by Crippen LogP contribution is 2.39. The lowest BCUT2D eigenvalue weighted by atomic mass is 10.1. The molecule has 1 heterocycles. The van der Waals surface area contributed by atoms with Crippen LogP contribution in [0, 0.1) is 0 Å². The SMILES string of the molecule is COc1cc2c(=O)c3c(O)cccc3[nH]c2c(OC)c1Cl. The smallest absolute Gasteiger partial charge is 0.201 e. The third-order valence-electron chi connectivity index (χ3n) is 3.39.